The molecular formula is C15H12N4O2. The number of pyridine rings is 2. The summed E-state index contributed by atoms with van der Waals surface area (Å²) >= 11 is 0. The Morgan fingerprint density at radius 3 is 2.67 bits per heavy atom. The highest BCUT2D eigenvalue weighted by atomic mass is 16.6. The van der Waals surface area contributed by atoms with E-state index in [4.69, 9.17) is 0 Å². The molecule has 0 aliphatic heterocycles. The molecule has 0 amide bonds. The lowest BCUT2D eigenvalue weighted by Crippen LogP contribution is -2.01. The first-order chi connectivity index (χ1) is 10.3. The average Bonchev–Trinajstić information content (AvgIpc) is 2.53. The molecule has 6 nitrogen and oxygen atoms in total. The molecule has 6 heteroatoms. The number of para-hydroxylation sites is 1. The van der Waals surface area contributed by atoms with Gasteiger partial charge < -0.3 is 5.32 Å². The van der Waals surface area contributed by atoms with Crippen molar-refractivity contribution in [1.29, 1.82) is 0 Å². The number of anilines is 1. The molecule has 0 bridgehead atoms. The molecule has 0 saturated heterocycles. The number of benzene rings is 1. The summed E-state index contributed by atoms with van der Waals surface area (Å²) in [6.45, 7) is 0.615. The molecule has 2 heterocycles. The van der Waals surface area contributed by atoms with Gasteiger partial charge in [-0.3, -0.25) is 15.1 Å². The topological polar surface area (TPSA) is 81.0 Å². The van der Waals surface area contributed by atoms with Crippen molar-refractivity contribution in [2.75, 3.05) is 5.32 Å². The van der Waals surface area contributed by atoms with E-state index in [2.05, 4.69) is 15.3 Å². The molecule has 1 aromatic carbocycles. The number of hydrogen-bond acceptors (Lipinski definition) is 5. The van der Waals surface area contributed by atoms with Gasteiger partial charge in [0.1, 0.15) is 5.52 Å². The average molecular weight is 280 g/mol. The number of fused-ring (bicyclic) bond motifs is 1. The highest BCUT2D eigenvalue weighted by Gasteiger charge is 2.14. The zero-order valence-electron chi connectivity index (χ0n) is 11.1. The standard InChI is InChI=1S/C15H12N4O2/c20-19(21)14-3-1-2-12-13(6-9-17-15(12)14)18-10-11-4-7-16-8-5-11/h1-9H,10H2,(H,17,18). The summed E-state index contributed by atoms with van der Waals surface area (Å²) in [7, 11) is 0. The van der Waals surface area contributed by atoms with Gasteiger partial charge in [-0.2, -0.15) is 0 Å². The van der Waals surface area contributed by atoms with E-state index in [1.807, 2.05) is 24.3 Å². The number of nitrogens with zero attached hydrogens (tertiary/aromatic N) is 3. The van der Waals surface area contributed by atoms with Crippen LogP contribution in [0.4, 0.5) is 11.4 Å². The van der Waals surface area contributed by atoms with Gasteiger partial charge in [-0.1, -0.05) is 12.1 Å². The van der Waals surface area contributed by atoms with E-state index in [0.717, 1.165) is 16.6 Å². The van der Waals surface area contributed by atoms with E-state index < -0.39 is 4.92 Å². The Hall–Kier alpha value is -3.02. The summed E-state index contributed by atoms with van der Waals surface area (Å²) in [5, 5.41) is 15.1. The molecule has 21 heavy (non-hydrogen) atoms. The van der Waals surface area contributed by atoms with Crippen LogP contribution >= 0.6 is 0 Å². The first-order valence-electron chi connectivity index (χ1n) is 6.40. The third kappa shape index (κ3) is 2.64. The molecule has 0 aliphatic carbocycles. The summed E-state index contributed by atoms with van der Waals surface area (Å²) in [5.74, 6) is 0. The minimum atomic E-state index is -0.415. The molecule has 0 spiro atoms. The van der Waals surface area contributed by atoms with Gasteiger partial charge in [-0.15, -0.1) is 0 Å². The molecule has 0 aliphatic rings. The molecule has 3 aromatic rings. The maximum atomic E-state index is 11.0. The monoisotopic (exact) mass is 280 g/mol. The van der Waals surface area contributed by atoms with Crippen molar-refractivity contribution in [3.8, 4) is 0 Å². The second kappa shape index (κ2) is 5.54. The molecule has 1 N–H and O–H groups in total. The van der Waals surface area contributed by atoms with E-state index in [-0.39, 0.29) is 5.69 Å². The van der Waals surface area contributed by atoms with E-state index in [1.165, 1.54) is 6.07 Å². The Morgan fingerprint density at radius 2 is 1.90 bits per heavy atom. The van der Waals surface area contributed by atoms with Crippen molar-refractivity contribution < 1.29 is 4.92 Å². The summed E-state index contributed by atoms with van der Waals surface area (Å²) in [6, 6.07) is 10.6. The normalized spacial score (nSPS) is 10.5. The summed E-state index contributed by atoms with van der Waals surface area (Å²) in [6.07, 6.45) is 5.03. The maximum absolute atomic E-state index is 11.0. The van der Waals surface area contributed by atoms with Crippen LogP contribution in [0.5, 0.6) is 0 Å². The predicted molar refractivity (Wildman–Crippen MR) is 80.0 cm³/mol. The SMILES string of the molecule is O=[N+]([O-])c1cccc2c(NCc3ccncc3)ccnc12. The summed E-state index contributed by atoms with van der Waals surface area (Å²) in [5.41, 5.74) is 2.31. The first kappa shape index (κ1) is 13.0. The smallest absolute Gasteiger partial charge is 0.295 e. The minimum absolute atomic E-state index is 0.0139. The van der Waals surface area contributed by atoms with Gasteiger partial charge in [0, 0.05) is 42.3 Å². The molecule has 104 valence electrons. The van der Waals surface area contributed by atoms with Crippen LogP contribution in [0, 0.1) is 10.1 Å². The Bertz CT molecular complexity index is 790. The quantitative estimate of drug-likeness (QED) is 0.586. The van der Waals surface area contributed by atoms with Crippen LogP contribution in [-0.2, 0) is 6.54 Å². The van der Waals surface area contributed by atoms with Crippen LogP contribution in [0.25, 0.3) is 10.9 Å². The first-order valence-corrected chi connectivity index (χ1v) is 6.40. The van der Waals surface area contributed by atoms with Crippen molar-refractivity contribution in [1.82, 2.24) is 9.97 Å². The zero-order valence-corrected chi connectivity index (χ0v) is 11.1. The molecular weight excluding hydrogens is 268 g/mol. The van der Waals surface area contributed by atoms with E-state index in [0.29, 0.717) is 12.1 Å². The Morgan fingerprint density at radius 1 is 1.10 bits per heavy atom. The van der Waals surface area contributed by atoms with Gasteiger partial charge in [0.25, 0.3) is 5.69 Å². The van der Waals surface area contributed by atoms with Crippen molar-refractivity contribution in [3.63, 3.8) is 0 Å². The number of hydrogen-bond donors (Lipinski definition) is 1. The van der Waals surface area contributed by atoms with Gasteiger partial charge >= 0.3 is 0 Å². The largest absolute Gasteiger partial charge is 0.380 e. The van der Waals surface area contributed by atoms with Crippen molar-refractivity contribution >= 4 is 22.3 Å². The van der Waals surface area contributed by atoms with Crippen LogP contribution in [0.3, 0.4) is 0 Å². The van der Waals surface area contributed by atoms with Gasteiger partial charge in [-0.25, -0.2) is 4.98 Å². The number of rotatable bonds is 4. The third-order valence-electron chi connectivity index (χ3n) is 3.18. The van der Waals surface area contributed by atoms with Gasteiger partial charge in [0.2, 0.25) is 0 Å². The lowest BCUT2D eigenvalue weighted by atomic mass is 10.1. The number of nitro benzene ring substituents is 1. The maximum Gasteiger partial charge on any atom is 0.295 e. The van der Waals surface area contributed by atoms with Gasteiger partial charge in [-0.05, 0) is 23.8 Å². The lowest BCUT2D eigenvalue weighted by molar-refractivity contribution is -0.383. The molecule has 0 fully saturated rings. The van der Waals surface area contributed by atoms with E-state index in [1.54, 1.807) is 24.7 Å². The minimum Gasteiger partial charge on any atom is -0.380 e. The molecule has 3 rings (SSSR count). The van der Waals surface area contributed by atoms with Crippen molar-refractivity contribution in [2.45, 2.75) is 6.54 Å². The second-order valence-corrected chi connectivity index (χ2v) is 4.50. The van der Waals surface area contributed by atoms with Crippen LogP contribution in [0.2, 0.25) is 0 Å². The predicted octanol–water partition coefficient (Wildman–Crippen LogP) is 3.15. The fourth-order valence-corrected chi connectivity index (χ4v) is 2.16. The van der Waals surface area contributed by atoms with E-state index in [9.17, 15) is 10.1 Å². The highest BCUT2D eigenvalue weighted by Crippen LogP contribution is 2.28. The van der Waals surface area contributed by atoms with Gasteiger partial charge in [0.15, 0.2) is 0 Å². The van der Waals surface area contributed by atoms with Crippen molar-refractivity contribution in [3.05, 3.63) is 70.7 Å². The third-order valence-corrected chi connectivity index (χ3v) is 3.18. The number of nitro groups is 1. The fraction of sp³-hybridized carbons (Fsp3) is 0.0667. The lowest BCUT2D eigenvalue weighted by Gasteiger charge is -2.09. The molecule has 0 radical (unpaired) electrons. The van der Waals surface area contributed by atoms with E-state index >= 15 is 0 Å². The summed E-state index contributed by atoms with van der Waals surface area (Å²) < 4.78 is 0. The van der Waals surface area contributed by atoms with Crippen LogP contribution in [0.1, 0.15) is 5.56 Å². The molecule has 0 unspecified atom stereocenters. The highest BCUT2D eigenvalue weighted by molar-refractivity contribution is 5.96. The van der Waals surface area contributed by atoms with Gasteiger partial charge in [0.05, 0.1) is 4.92 Å². The van der Waals surface area contributed by atoms with Crippen molar-refractivity contribution in [2.24, 2.45) is 0 Å². The molecule has 0 saturated carbocycles. The van der Waals surface area contributed by atoms with Crippen LogP contribution in [-0.4, -0.2) is 14.9 Å². The number of aromatic nitrogens is 2. The second-order valence-electron chi connectivity index (χ2n) is 4.50. The summed E-state index contributed by atoms with van der Waals surface area (Å²) in [4.78, 5) is 18.7. The number of non-ortho nitro benzene ring substituents is 1. The number of nitrogens with one attached hydrogen (secondary N) is 1. The fourth-order valence-electron chi connectivity index (χ4n) is 2.16. The molecule has 2 aromatic heterocycles. The Balaban J connectivity index is 1.96. The zero-order chi connectivity index (χ0) is 14.7. The molecule has 0 atom stereocenters. The van der Waals surface area contributed by atoms with Crippen LogP contribution in [0.15, 0.2) is 55.0 Å². The Labute approximate surface area is 120 Å². The Kier molecular flexibility index (Phi) is 3.42. The van der Waals surface area contributed by atoms with Crippen LogP contribution < -0.4 is 5.32 Å².